The van der Waals surface area contributed by atoms with Gasteiger partial charge in [-0.3, -0.25) is 4.79 Å². The van der Waals surface area contributed by atoms with Crippen molar-refractivity contribution in [1.29, 1.82) is 0 Å². The highest BCUT2D eigenvalue weighted by atomic mass is 32.2. The quantitative estimate of drug-likeness (QED) is 0.489. The zero-order valence-electron chi connectivity index (χ0n) is 17.3. The molecule has 0 N–H and O–H groups in total. The molecular formula is C23H26N4O2S. The number of thioether (sulfide) groups is 1. The number of nitrogens with zero attached hydrogens (tertiary/aromatic N) is 4. The highest BCUT2D eigenvalue weighted by Crippen LogP contribution is 2.28. The molecule has 1 aliphatic rings. The van der Waals surface area contributed by atoms with Gasteiger partial charge >= 0.3 is 0 Å². The summed E-state index contributed by atoms with van der Waals surface area (Å²) in [4.78, 5) is 14.3. The van der Waals surface area contributed by atoms with Crippen LogP contribution in [0.5, 0.6) is 5.75 Å². The number of aromatic nitrogens is 3. The fourth-order valence-corrected chi connectivity index (χ4v) is 4.22. The number of aryl methyl sites for hydroxylation is 1. The van der Waals surface area contributed by atoms with Crippen molar-refractivity contribution in [2.45, 2.75) is 37.0 Å². The second-order valence-corrected chi connectivity index (χ2v) is 8.39. The van der Waals surface area contributed by atoms with Crippen LogP contribution in [0.25, 0.3) is 11.4 Å². The standard InChI is InChI=1S/C23H26N4O2S/c1-26(19-10-11-19)21(28)16-30-23-25-24-22(18-8-12-20(29-2)13-9-18)27(23)15-14-17-6-4-3-5-7-17/h3-9,12-13,19H,10-11,14-16H2,1-2H3. The van der Waals surface area contributed by atoms with Crippen molar-refractivity contribution in [2.75, 3.05) is 19.9 Å². The number of methoxy groups -OCH3 is 1. The molecule has 30 heavy (non-hydrogen) atoms. The second-order valence-electron chi connectivity index (χ2n) is 7.45. The van der Waals surface area contributed by atoms with Gasteiger partial charge in [-0.15, -0.1) is 10.2 Å². The Bertz CT molecular complexity index is 984. The van der Waals surface area contributed by atoms with Gasteiger partial charge in [0.05, 0.1) is 12.9 Å². The molecule has 1 saturated carbocycles. The van der Waals surface area contributed by atoms with Crippen LogP contribution in [0.1, 0.15) is 18.4 Å². The third kappa shape index (κ3) is 4.84. The molecule has 156 valence electrons. The molecule has 3 aromatic rings. The van der Waals surface area contributed by atoms with Crippen LogP contribution in [0.15, 0.2) is 59.8 Å². The van der Waals surface area contributed by atoms with Gasteiger partial charge in [-0.1, -0.05) is 42.1 Å². The van der Waals surface area contributed by atoms with Crippen molar-refractivity contribution < 1.29 is 9.53 Å². The summed E-state index contributed by atoms with van der Waals surface area (Å²) in [7, 11) is 3.55. The van der Waals surface area contributed by atoms with Crippen LogP contribution in [0.2, 0.25) is 0 Å². The lowest BCUT2D eigenvalue weighted by Gasteiger charge is -2.16. The molecule has 1 aliphatic carbocycles. The van der Waals surface area contributed by atoms with Crippen LogP contribution in [0, 0.1) is 0 Å². The van der Waals surface area contributed by atoms with Crippen molar-refractivity contribution in [1.82, 2.24) is 19.7 Å². The molecule has 0 aliphatic heterocycles. The molecular weight excluding hydrogens is 396 g/mol. The van der Waals surface area contributed by atoms with Crippen molar-refractivity contribution in [2.24, 2.45) is 0 Å². The summed E-state index contributed by atoms with van der Waals surface area (Å²) < 4.78 is 7.38. The maximum Gasteiger partial charge on any atom is 0.233 e. The minimum atomic E-state index is 0.145. The second kappa shape index (κ2) is 9.34. The van der Waals surface area contributed by atoms with Crippen molar-refractivity contribution in [3.8, 4) is 17.1 Å². The molecule has 0 saturated heterocycles. The van der Waals surface area contributed by atoms with Gasteiger partial charge in [0.1, 0.15) is 5.75 Å². The lowest BCUT2D eigenvalue weighted by Crippen LogP contribution is -2.30. The Balaban J connectivity index is 1.54. The summed E-state index contributed by atoms with van der Waals surface area (Å²) in [6.07, 6.45) is 3.09. The topological polar surface area (TPSA) is 60.3 Å². The zero-order valence-corrected chi connectivity index (χ0v) is 18.1. The SMILES string of the molecule is COc1ccc(-c2nnc(SCC(=O)N(C)C3CC3)n2CCc2ccccc2)cc1. The van der Waals surface area contributed by atoms with Crippen molar-refractivity contribution in [3.63, 3.8) is 0 Å². The van der Waals surface area contributed by atoms with Crippen LogP contribution in [0.3, 0.4) is 0 Å². The third-order valence-corrected chi connectivity index (χ3v) is 6.30. The first-order valence-corrected chi connectivity index (χ1v) is 11.1. The summed E-state index contributed by atoms with van der Waals surface area (Å²) in [5, 5.41) is 9.64. The summed E-state index contributed by atoms with van der Waals surface area (Å²) in [6.45, 7) is 0.743. The molecule has 2 aromatic carbocycles. The van der Waals surface area contributed by atoms with Crippen LogP contribution in [-0.2, 0) is 17.8 Å². The number of ether oxygens (including phenoxy) is 1. The highest BCUT2D eigenvalue weighted by Gasteiger charge is 2.29. The van der Waals surface area contributed by atoms with E-state index in [2.05, 4.69) is 26.9 Å². The van der Waals surface area contributed by atoms with E-state index in [-0.39, 0.29) is 5.91 Å². The Kier molecular flexibility index (Phi) is 6.38. The molecule has 1 aromatic heterocycles. The lowest BCUT2D eigenvalue weighted by atomic mass is 10.1. The van der Waals surface area contributed by atoms with E-state index < -0.39 is 0 Å². The summed E-state index contributed by atoms with van der Waals surface area (Å²) >= 11 is 1.46. The molecule has 0 bridgehead atoms. The van der Waals surface area contributed by atoms with Crippen LogP contribution >= 0.6 is 11.8 Å². The molecule has 1 fully saturated rings. The lowest BCUT2D eigenvalue weighted by molar-refractivity contribution is -0.127. The predicted molar refractivity (Wildman–Crippen MR) is 119 cm³/mol. The van der Waals surface area contributed by atoms with Gasteiger partial charge in [-0.05, 0) is 49.1 Å². The first kappa shape index (κ1) is 20.5. The van der Waals surface area contributed by atoms with Crippen LogP contribution in [-0.4, -0.2) is 51.5 Å². The van der Waals surface area contributed by atoms with Gasteiger partial charge in [0.2, 0.25) is 5.91 Å². The third-order valence-electron chi connectivity index (χ3n) is 5.34. The Morgan fingerprint density at radius 1 is 1.13 bits per heavy atom. The summed E-state index contributed by atoms with van der Waals surface area (Å²) in [5.74, 6) is 2.13. The highest BCUT2D eigenvalue weighted by molar-refractivity contribution is 7.99. The summed E-state index contributed by atoms with van der Waals surface area (Å²) in [5.41, 5.74) is 2.23. The van der Waals surface area contributed by atoms with E-state index in [4.69, 9.17) is 4.74 Å². The maximum atomic E-state index is 12.5. The van der Waals surface area contributed by atoms with E-state index in [1.165, 1.54) is 17.3 Å². The first-order chi connectivity index (χ1) is 14.7. The molecule has 1 amide bonds. The molecule has 1 heterocycles. The molecule has 6 nitrogen and oxygen atoms in total. The minimum absolute atomic E-state index is 0.145. The average molecular weight is 423 g/mol. The van der Waals surface area contributed by atoms with Gasteiger partial charge in [0.15, 0.2) is 11.0 Å². The predicted octanol–water partition coefficient (Wildman–Crippen LogP) is 3.91. The molecule has 7 heteroatoms. The first-order valence-electron chi connectivity index (χ1n) is 10.2. The number of hydrogen-bond acceptors (Lipinski definition) is 5. The molecule has 0 radical (unpaired) electrons. The largest absolute Gasteiger partial charge is 0.497 e. The number of amides is 1. The van der Waals surface area contributed by atoms with Gasteiger partial charge in [0.25, 0.3) is 0 Å². The minimum Gasteiger partial charge on any atom is -0.497 e. The van der Waals surface area contributed by atoms with Crippen molar-refractivity contribution >= 4 is 17.7 Å². The Morgan fingerprint density at radius 2 is 1.87 bits per heavy atom. The normalized spacial score (nSPS) is 13.3. The number of benzene rings is 2. The number of rotatable bonds is 9. The van der Waals surface area contributed by atoms with E-state index in [0.717, 1.165) is 48.1 Å². The fourth-order valence-electron chi connectivity index (χ4n) is 3.33. The van der Waals surface area contributed by atoms with E-state index >= 15 is 0 Å². The molecule has 0 spiro atoms. The number of hydrogen-bond donors (Lipinski definition) is 0. The van der Waals surface area contributed by atoms with Gasteiger partial charge in [-0.25, -0.2) is 0 Å². The fraction of sp³-hybridized carbons (Fsp3) is 0.348. The Hall–Kier alpha value is -2.80. The molecule has 4 rings (SSSR count). The van der Waals surface area contributed by atoms with E-state index in [1.807, 2.05) is 54.4 Å². The van der Waals surface area contributed by atoms with E-state index in [0.29, 0.717) is 11.8 Å². The maximum absolute atomic E-state index is 12.5. The Morgan fingerprint density at radius 3 is 2.53 bits per heavy atom. The zero-order chi connectivity index (χ0) is 20.9. The summed E-state index contributed by atoms with van der Waals surface area (Å²) in [6, 6.07) is 18.6. The van der Waals surface area contributed by atoms with Gasteiger partial charge in [0, 0.05) is 25.2 Å². The van der Waals surface area contributed by atoms with Gasteiger partial charge < -0.3 is 14.2 Å². The van der Waals surface area contributed by atoms with Crippen LogP contribution in [0.4, 0.5) is 0 Å². The van der Waals surface area contributed by atoms with Crippen LogP contribution < -0.4 is 4.74 Å². The van der Waals surface area contributed by atoms with E-state index in [9.17, 15) is 4.79 Å². The Labute approximate surface area is 181 Å². The average Bonchev–Trinajstić information content (AvgIpc) is 3.57. The smallest absolute Gasteiger partial charge is 0.233 e. The molecule has 0 atom stereocenters. The van der Waals surface area contributed by atoms with Crippen molar-refractivity contribution in [3.05, 3.63) is 60.2 Å². The molecule has 0 unspecified atom stereocenters. The van der Waals surface area contributed by atoms with Gasteiger partial charge in [-0.2, -0.15) is 0 Å². The number of carbonyl (C=O) groups is 1. The van der Waals surface area contributed by atoms with E-state index in [1.54, 1.807) is 7.11 Å². The number of carbonyl (C=O) groups excluding carboxylic acids is 1. The monoisotopic (exact) mass is 422 g/mol.